The van der Waals surface area contributed by atoms with E-state index in [0.717, 1.165) is 21.7 Å². The lowest BCUT2D eigenvalue weighted by Gasteiger charge is -2.06. The van der Waals surface area contributed by atoms with Gasteiger partial charge in [-0.25, -0.2) is 4.39 Å². The van der Waals surface area contributed by atoms with Gasteiger partial charge in [-0.3, -0.25) is 0 Å². The molecule has 0 spiro atoms. The zero-order valence-corrected chi connectivity index (χ0v) is 11.4. The summed E-state index contributed by atoms with van der Waals surface area (Å²) in [5.74, 6) is 0.522. The van der Waals surface area contributed by atoms with Gasteiger partial charge in [-0.1, -0.05) is 27.5 Å². The molecule has 0 nitrogen and oxygen atoms in total. The van der Waals surface area contributed by atoms with Crippen molar-refractivity contribution in [2.75, 3.05) is 11.1 Å². The number of thioether (sulfide) groups is 1. The second-order valence-corrected chi connectivity index (χ2v) is 5.52. The van der Waals surface area contributed by atoms with Crippen LogP contribution >= 0.6 is 39.3 Å². The monoisotopic (exact) mass is 310 g/mol. The third-order valence-corrected chi connectivity index (χ3v) is 3.84. The normalized spacial score (nSPS) is 12.7. The third kappa shape index (κ3) is 5.79. The van der Waals surface area contributed by atoms with Crippen LogP contribution in [-0.2, 0) is 0 Å². The number of benzene rings is 1. The van der Waals surface area contributed by atoms with E-state index in [1.165, 1.54) is 11.8 Å². The van der Waals surface area contributed by atoms with Gasteiger partial charge in [0.1, 0.15) is 6.17 Å². The van der Waals surface area contributed by atoms with E-state index < -0.39 is 6.17 Å². The molecule has 0 saturated heterocycles. The summed E-state index contributed by atoms with van der Waals surface area (Å²) in [5.41, 5.74) is 0. The van der Waals surface area contributed by atoms with Gasteiger partial charge in [0.2, 0.25) is 0 Å². The van der Waals surface area contributed by atoms with E-state index in [0.29, 0.717) is 12.2 Å². The number of rotatable bonds is 6. The van der Waals surface area contributed by atoms with Gasteiger partial charge in [-0.15, -0.1) is 11.8 Å². The highest BCUT2D eigenvalue weighted by Crippen LogP contribution is 2.22. The first-order valence-corrected chi connectivity index (χ1v) is 7.29. The zero-order valence-electron chi connectivity index (χ0n) is 8.26. The molecule has 0 bridgehead atoms. The van der Waals surface area contributed by atoms with E-state index in [1.807, 2.05) is 24.3 Å². The van der Waals surface area contributed by atoms with Crippen LogP contribution in [0.5, 0.6) is 0 Å². The minimum Gasteiger partial charge on any atom is -0.247 e. The van der Waals surface area contributed by atoms with Gasteiger partial charge in [0, 0.05) is 21.0 Å². The summed E-state index contributed by atoms with van der Waals surface area (Å²) in [6.07, 6.45) is 0.803. The first-order chi connectivity index (χ1) is 7.22. The molecule has 0 aliphatic heterocycles. The van der Waals surface area contributed by atoms with E-state index in [2.05, 4.69) is 15.9 Å². The molecule has 1 unspecified atom stereocenters. The van der Waals surface area contributed by atoms with Crippen molar-refractivity contribution in [1.82, 2.24) is 0 Å². The Morgan fingerprint density at radius 2 is 2.00 bits per heavy atom. The lowest BCUT2D eigenvalue weighted by atomic mass is 10.2. The zero-order chi connectivity index (χ0) is 11.1. The quantitative estimate of drug-likeness (QED) is 0.529. The van der Waals surface area contributed by atoms with E-state index in [9.17, 15) is 4.39 Å². The topological polar surface area (TPSA) is 0 Å². The van der Waals surface area contributed by atoms with E-state index in [4.69, 9.17) is 11.6 Å². The maximum Gasteiger partial charge on any atom is 0.109 e. The summed E-state index contributed by atoms with van der Waals surface area (Å²) in [7, 11) is 0. The average Bonchev–Trinajstić information content (AvgIpc) is 2.25. The summed E-state index contributed by atoms with van der Waals surface area (Å²) in [5, 5.41) is 1.59. The molecule has 1 aromatic rings. The fourth-order valence-electron chi connectivity index (χ4n) is 1.10. The molecule has 4 heteroatoms. The van der Waals surface area contributed by atoms with Crippen molar-refractivity contribution in [3.05, 3.63) is 29.3 Å². The van der Waals surface area contributed by atoms with Crippen LogP contribution in [0.4, 0.5) is 4.39 Å². The van der Waals surface area contributed by atoms with Crippen LogP contribution < -0.4 is 0 Å². The largest absolute Gasteiger partial charge is 0.247 e. The van der Waals surface area contributed by atoms with Crippen molar-refractivity contribution < 1.29 is 4.39 Å². The van der Waals surface area contributed by atoms with E-state index >= 15 is 0 Å². The molecule has 0 aromatic heterocycles. The van der Waals surface area contributed by atoms with Gasteiger partial charge in [-0.05, 0) is 37.1 Å². The SMILES string of the molecule is FC(CCCBr)CSc1ccc(Cl)cc1. The van der Waals surface area contributed by atoms with Gasteiger partial charge in [0.05, 0.1) is 0 Å². The third-order valence-electron chi connectivity index (χ3n) is 1.90. The van der Waals surface area contributed by atoms with E-state index in [-0.39, 0.29) is 0 Å². The number of halogens is 3. The van der Waals surface area contributed by atoms with Crippen molar-refractivity contribution in [1.29, 1.82) is 0 Å². The highest BCUT2D eigenvalue weighted by atomic mass is 79.9. The molecule has 1 rings (SSSR count). The van der Waals surface area contributed by atoms with Gasteiger partial charge < -0.3 is 0 Å². The van der Waals surface area contributed by atoms with Crippen LogP contribution in [0.3, 0.4) is 0 Å². The molecule has 0 radical (unpaired) electrons. The van der Waals surface area contributed by atoms with Crippen molar-refractivity contribution in [2.45, 2.75) is 23.9 Å². The van der Waals surface area contributed by atoms with Gasteiger partial charge >= 0.3 is 0 Å². The molecule has 0 N–H and O–H groups in total. The van der Waals surface area contributed by atoms with E-state index in [1.54, 1.807) is 0 Å². The Bertz CT molecular complexity index is 278. The minimum atomic E-state index is -0.719. The summed E-state index contributed by atoms with van der Waals surface area (Å²) in [6.45, 7) is 0. The Morgan fingerprint density at radius 3 is 2.60 bits per heavy atom. The molecule has 0 aliphatic carbocycles. The number of hydrogen-bond donors (Lipinski definition) is 0. The molecule has 0 amide bonds. The van der Waals surface area contributed by atoms with Crippen LogP contribution in [0.2, 0.25) is 5.02 Å². The molecule has 0 fully saturated rings. The summed E-state index contributed by atoms with van der Waals surface area (Å²) < 4.78 is 13.3. The van der Waals surface area contributed by atoms with Crippen LogP contribution in [-0.4, -0.2) is 17.3 Å². The van der Waals surface area contributed by atoms with Crippen LogP contribution in [0, 0.1) is 0 Å². The maximum absolute atomic E-state index is 13.3. The van der Waals surface area contributed by atoms with Crippen molar-refractivity contribution in [3.63, 3.8) is 0 Å². The molecule has 1 atom stereocenters. The lowest BCUT2D eigenvalue weighted by Crippen LogP contribution is -2.03. The molecule has 0 aliphatic rings. The Morgan fingerprint density at radius 1 is 1.33 bits per heavy atom. The van der Waals surface area contributed by atoms with Gasteiger partial charge in [0.25, 0.3) is 0 Å². The highest BCUT2D eigenvalue weighted by Gasteiger charge is 2.06. The van der Waals surface area contributed by atoms with Crippen molar-refractivity contribution in [3.8, 4) is 0 Å². The van der Waals surface area contributed by atoms with Gasteiger partial charge in [0.15, 0.2) is 0 Å². The van der Waals surface area contributed by atoms with Crippen LogP contribution in [0.1, 0.15) is 12.8 Å². The molecule has 15 heavy (non-hydrogen) atoms. The average molecular weight is 312 g/mol. The van der Waals surface area contributed by atoms with Crippen molar-refractivity contribution >= 4 is 39.3 Å². The predicted molar refractivity (Wildman–Crippen MR) is 70.1 cm³/mol. The van der Waals surface area contributed by atoms with Crippen molar-refractivity contribution in [2.24, 2.45) is 0 Å². The lowest BCUT2D eigenvalue weighted by molar-refractivity contribution is 0.346. The number of alkyl halides is 2. The standard InChI is InChI=1S/C11H13BrClFS/c12-7-1-2-10(14)8-15-11-5-3-9(13)4-6-11/h3-6,10H,1-2,7-8H2. The molecule has 1 aromatic carbocycles. The predicted octanol–water partition coefficient (Wildman–Crippen LogP) is 4.95. The number of hydrogen-bond acceptors (Lipinski definition) is 1. The smallest absolute Gasteiger partial charge is 0.109 e. The first kappa shape index (κ1) is 13.3. The first-order valence-electron chi connectivity index (χ1n) is 4.81. The second kappa shape index (κ2) is 7.53. The Balaban J connectivity index is 2.27. The van der Waals surface area contributed by atoms with Gasteiger partial charge in [-0.2, -0.15) is 0 Å². The Kier molecular flexibility index (Phi) is 6.69. The molecular formula is C11H13BrClFS. The molecular weight excluding hydrogens is 299 g/mol. The second-order valence-electron chi connectivity index (χ2n) is 3.19. The summed E-state index contributed by atoms with van der Waals surface area (Å²) >= 11 is 10.6. The maximum atomic E-state index is 13.3. The Hall–Kier alpha value is 0.270. The Labute approximate surface area is 108 Å². The molecule has 84 valence electrons. The minimum absolute atomic E-state index is 0.522. The summed E-state index contributed by atoms with van der Waals surface area (Å²) in [4.78, 5) is 1.07. The van der Waals surface area contributed by atoms with Crippen LogP contribution in [0.25, 0.3) is 0 Å². The fraction of sp³-hybridized carbons (Fsp3) is 0.455. The molecule has 0 saturated carbocycles. The molecule has 0 heterocycles. The fourth-order valence-corrected chi connectivity index (χ4v) is 2.42. The summed E-state index contributed by atoms with van der Waals surface area (Å²) in [6, 6.07) is 7.50. The van der Waals surface area contributed by atoms with Crippen LogP contribution in [0.15, 0.2) is 29.2 Å². The highest BCUT2D eigenvalue weighted by molar-refractivity contribution is 9.09.